The first kappa shape index (κ1) is 32.7. The molecular formula is C44H56N2. The van der Waals surface area contributed by atoms with E-state index < -0.39 is 0 Å². The Labute approximate surface area is 278 Å². The van der Waals surface area contributed by atoms with Gasteiger partial charge in [0, 0.05) is 6.21 Å². The summed E-state index contributed by atoms with van der Waals surface area (Å²) in [6, 6.07) is 9.04. The van der Waals surface area contributed by atoms with Crippen molar-refractivity contribution in [2.45, 2.75) is 116 Å². The second-order valence-electron chi connectivity index (χ2n) is 14.4. The minimum absolute atomic E-state index is 0.625. The minimum atomic E-state index is 0.625. The molecule has 6 rings (SSSR count). The van der Waals surface area contributed by atoms with Crippen molar-refractivity contribution in [2.75, 3.05) is 0 Å². The number of rotatable bonds is 12. The monoisotopic (exact) mass is 612 g/mol. The van der Waals surface area contributed by atoms with Crippen molar-refractivity contribution in [1.29, 1.82) is 10.8 Å². The molecule has 5 aliphatic rings. The highest BCUT2D eigenvalue weighted by Crippen LogP contribution is 2.44. The molecule has 3 atom stereocenters. The molecule has 1 aromatic carbocycles. The predicted octanol–water partition coefficient (Wildman–Crippen LogP) is 10.7. The first-order valence-corrected chi connectivity index (χ1v) is 18.7. The molecule has 1 saturated carbocycles. The Hall–Kier alpha value is -3.26. The maximum absolute atomic E-state index is 8.25. The fourth-order valence-electron chi connectivity index (χ4n) is 8.99. The van der Waals surface area contributed by atoms with Gasteiger partial charge in [-0.1, -0.05) is 97.7 Å². The SMILES string of the molecule is N=CCC/C=C/CC/C=C(\C=N)C1=c2ccccc2=C(C2CC=C(C3=CC(C4CCCCC4)=CC(C4C=CCCC4)C3)CC2)CC1. The number of allylic oxidation sites excluding steroid dienone is 12. The van der Waals surface area contributed by atoms with Gasteiger partial charge < -0.3 is 10.8 Å². The summed E-state index contributed by atoms with van der Waals surface area (Å²) >= 11 is 0. The van der Waals surface area contributed by atoms with Crippen LogP contribution in [0.2, 0.25) is 0 Å². The van der Waals surface area contributed by atoms with E-state index in [1.54, 1.807) is 28.5 Å². The zero-order valence-electron chi connectivity index (χ0n) is 28.1. The Kier molecular flexibility index (Phi) is 11.7. The van der Waals surface area contributed by atoms with Gasteiger partial charge in [-0.3, -0.25) is 0 Å². The van der Waals surface area contributed by atoms with E-state index in [2.05, 4.69) is 72.9 Å². The third kappa shape index (κ3) is 7.99. The van der Waals surface area contributed by atoms with Gasteiger partial charge in [0.15, 0.2) is 0 Å². The van der Waals surface area contributed by atoms with Gasteiger partial charge in [0.05, 0.1) is 0 Å². The quantitative estimate of drug-likeness (QED) is 0.134. The van der Waals surface area contributed by atoms with Crippen LogP contribution >= 0.6 is 0 Å². The standard InChI is InChI=1S/C44H56N2/c45-28-14-4-2-1-3-7-19-37(32-46)42-27-26-41(43-20-12-13-21-44(42)43)36-24-22-35(23-25-36)40-30-38(33-15-8-5-9-16-33)29-39(31-40)34-17-10-6-11-18-34/h1-2,8,12-13,15,19-22,28-29,31-34,36,38,45-46H,3-7,9-11,14,16-18,23-27,30H2/b2-1+,37-19+,45-28?,46-32?. The predicted molar refractivity (Wildman–Crippen MR) is 198 cm³/mol. The van der Waals surface area contributed by atoms with E-state index in [-0.39, 0.29) is 0 Å². The zero-order chi connectivity index (χ0) is 31.6. The Bertz CT molecular complexity index is 1550. The first-order valence-electron chi connectivity index (χ1n) is 18.7. The van der Waals surface area contributed by atoms with Crippen LogP contribution in [0.4, 0.5) is 0 Å². The van der Waals surface area contributed by atoms with Gasteiger partial charge in [-0.15, -0.1) is 0 Å². The van der Waals surface area contributed by atoms with Crippen LogP contribution in [0, 0.1) is 34.5 Å². The molecule has 46 heavy (non-hydrogen) atoms. The molecule has 5 aliphatic carbocycles. The Balaban J connectivity index is 1.22. The van der Waals surface area contributed by atoms with Gasteiger partial charge in [-0.25, -0.2) is 0 Å². The fraction of sp³-hybridized carbons (Fsp3) is 0.500. The van der Waals surface area contributed by atoms with Crippen molar-refractivity contribution in [1.82, 2.24) is 0 Å². The van der Waals surface area contributed by atoms with E-state index >= 15 is 0 Å². The van der Waals surface area contributed by atoms with Crippen LogP contribution in [0.25, 0.3) is 11.1 Å². The lowest BCUT2D eigenvalue weighted by Crippen LogP contribution is -2.35. The summed E-state index contributed by atoms with van der Waals surface area (Å²) in [6.45, 7) is 0. The molecule has 242 valence electrons. The molecule has 2 heteroatoms. The number of unbranched alkanes of at least 4 members (excludes halogenated alkanes) is 2. The molecule has 3 unspecified atom stereocenters. The van der Waals surface area contributed by atoms with Crippen molar-refractivity contribution >= 4 is 23.6 Å². The number of benzene rings is 1. The summed E-state index contributed by atoms with van der Waals surface area (Å²) in [5.41, 5.74) is 9.10. The van der Waals surface area contributed by atoms with Crippen LogP contribution in [0.1, 0.15) is 116 Å². The molecule has 0 saturated heterocycles. The maximum atomic E-state index is 8.25. The summed E-state index contributed by atoms with van der Waals surface area (Å²) in [5, 5.41) is 18.2. The number of fused-ring (bicyclic) bond motifs is 1. The lowest BCUT2D eigenvalue weighted by molar-refractivity contribution is 0.383. The second kappa shape index (κ2) is 16.5. The Morgan fingerprint density at radius 3 is 2.33 bits per heavy atom. The van der Waals surface area contributed by atoms with Crippen molar-refractivity contribution in [3.63, 3.8) is 0 Å². The topological polar surface area (TPSA) is 47.7 Å². The van der Waals surface area contributed by atoms with E-state index in [0.29, 0.717) is 11.8 Å². The minimum Gasteiger partial charge on any atom is -0.313 e. The van der Waals surface area contributed by atoms with E-state index in [1.165, 1.54) is 99.3 Å². The van der Waals surface area contributed by atoms with Gasteiger partial charge in [-0.2, -0.15) is 0 Å². The average molecular weight is 613 g/mol. The van der Waals surface area contributed by atoms with Crippen molar-refractivity contribution in [2.24, 2.45) is 23.7 Å². The van der Waals surface area contributed by atoms with Crippen LogP contribution in [-0.4, -0.2) is 12.4 Å². The molecule has 1 aromatic rings. The van der Waals surface area contributed by atoms with Gasteiger partial charge in [0.2, 0.25) is 0 Å². The molecule has 0 amide bonds. The molecule has 0 bridgehead atoms. The number of hydrogen-bond acceptors (Lipinski definition) is 2. The highest BCUT2D eigenvalue weighted by atomic mass is 14.4. The smallest absolute Gasteiger partial charge is 0.0250 e. The van der Waals surface area contributed by atoms with Gasteiger partial charge in [0.1, 0.15) is 0 Å². The molecule has 0 heterocycles. The second-order valence-corrected chi connectivity index (χ2v) is 14.4. The third-order valence-corrected chi connectivity index (χ3v) is 11.5. The largest absolute Gasteiger partial charge is 0.313 e. The lowest BCUT2D eigenvalue weighted by atomic mass is 9.70. The summed E-state index contributed by atoms with van der Waals surface area (Å²) < 4.78 is 0. The fourth-order valence-corrected chi connectivity index (χ4v) is 8.99. The van der Waals surface area contributed by atoms with Gasteiger partial charge in [0.25, 0.3) is 0 Å². The van der Waals surface area contributed by atoms with Crippen molar-refractivity contribution in [3.8, 4) is 0 Å². The van der Waals surface area contributed by atoms with Crippen LogP contribution in [0.3, 0.4) is 0 Å². The van der Waals surface area contributed by atoms with E-state index in [9.17, 15) is 0 Å². The van der Waals surface area contributed by atoms with E-state index in [0.717, 1.165) is 55.9 Å². The van der Waals surface area contributed by atoms with E-state index in [4.69, 9.17) is 10.8 Å². The summed E-state index contributed by atoms with van der Waals surface area (Å²) in [5.74, 6) is 2.81. The zero-order valence-corrected chi connectivity index (χ0v) is 28.1. The van der Waals surface area contributed by atoms with Crippen molar-refractivity contribution in [3.05, 3.63) is 106 Å². The molecule has 2 N–H and O–H groups in total. The molecule has 0 aliphatic heterocycles. The molecular weight excluding hydrogens is 556 g/mol. The number of hydrogen-bond donors (Lipinski definition) is 2. The van der Waals surface area contributed by atoms with Gasteiger partial charge >= 0.3 is 0 Å². The molecule has 2 nitrogen and oxygen atoms in total. The summed E-state index contributed by atoms with van der Waals surface area (Å²) in [4.78, 5) is 0. The van der Waals surface area contributed by atoms with Crippen LogP contribution < -0.4 is 10.4 Å². The Morgan fingerprint density at radius 1 is 0.761 bits per heavy atom. The van der Waals surface area contributed by atoms with Crippen LogP contribution in [-0.2, 0) is 0 Å². The average Bonchev–Trinajstić information content (AvgIpc) is 3.13. The van der Waals surface area contributed by atoms with Gasteiger partial charge in [-0.05, 0) is 165 Å². The normalized spacial score (nSPS) is 26.0. The summed E-state index contributed by atoms with van der Waals surface area (Å²) in [7, 11) is 0. The highest BCUT2D eigenvalue weighted by Gasteiger charge is 2.30. The summed E-state index contributed by atoms with van der Waals surface area (Å²) in [6.07, 6.45) is 44.5. The third-order valence-electron chi connectivity index (χ3n) is 11.5. The molecule has 0 spiro atoms. The number of nitrogens with one attached hydrogen (secondary N) is 2. The molecule has 1 fully saturated rings. The van der Waals surface area contributed by atoms with Crippen molar-refractivity contribution < 1.29 is 0 Å². The molecule has 0 aromatic heterocycles. The maximum Gasteiger partial charge on any atom is 0.0250 e. The van der Waals surface area contributed by atoms with Crippen LogP contribution in [0.5, 0.6) is 0 Å². The van der Waals surface area contributed by atoms with E-state index in [1.807, 2.05) is 0 Å². The first-order chi connectivity index (χ1) is 22.7. The molecule has 0 radical (unpaired) electrons. The Morgan fingerprint density at radius 2 is 1.59 bits per heavy atom. The lowest BCUT2D eigenvalue weighted by Gasteiger charge is -2.34. The highest BCUT2D eigenvalue weighted by molar-refractivity contribution is 5.94. The van der Waals surface area contributed by atoms with Crippen LogP contribution in [0.15, 0.2) is 95.2 Å².